The largest absolute Gasteiger partial charge is 0.496 e. The Hall–Kier alpha value is -2.96. The minimum Gasteiger partial charge on any atom is -0.496 e. The number of benzene rings is 3. The molecule has 1 aliphatic heterocycles. The molecule has 33 heavy (non-hydrogen) atoms. The van der Waals surface area contributed by atoms with Gasteiger partial charge in [-0.2, -0.15) is 0 Å². The fraction of sp³-hybridized carbons (Fsp3) is 0.231. The van der Waals surface area contributed by atoms with Gasteiger partial charge in [-0.25, -0.2) is 0 Å². The number of methoxy groups -OCH3 is 1. The van der Waals surface area contributed by atoms with Gasteiger partial charge in [0, 0.05) is 22.7 Å². The topological polar surface area (TPSA) is 58.6 Å². The Morgan fingerprint density at radius 3 is 2.52 bits per heavy atom. The number of ether oxygens (including phenoxy) is 1. The molecular weight excluding hydrogens is 456 g/mol. The maximum absolute atomic E-state index is 12.8. The van der Waals surface area contributed by atoms with Crippen molar-refractivity contribution in [1.82, 2.24) is 10.2 Å². The molecular formula is C26H25ClN2O3S. The molecule has 0 aromatic heterocycles. The fourth-order valence-electron chi connectivity index (χ4n) is 3.87. The monoisotopic (exact) mass is 480 g/mol. The lowest BCUT2D eigenvalue weighted by molar-refractivity contribution is -0.128. The zero-order chi connectivity index (χ0) is 23.4. The minimum absolute atomic E-state index is 0.0854. The van der Waals surface area contributed by atoms with Crippen LogP contribution >= 0.6 is 23.4 Å². The van der Waals surface area contributed by atoms with Crippen LogP contribution in [0.3, 0.4) is 0 Å². The number of nitrogens with one attached hydrogen (secondary N) is 1. The molecule has 0 saturated carbocycles. The molecule has 7 heteroatoms. The summed E-state index contributed by atoms with van der Waals surface area (Å²) in [4.78, 5) is 27.2. The van der Waals surface area contributed by atoms with E-state index >= 15 is 0 Å². The number of hydrogen-bond donors (Lipinski definition) is 1. The van der Waals surface area contributed by atoms with E-state index in [-0.39, 0.29) is 23.2 Å². The van der Waals surface area contributed by atoms with Gasteiger partial charge in [-0.15, -0.1) is 11.8 Å². The quantitative estimate of drug-likeness (QED) is 0.477. The van der Waals surface area contributed by atoms with E-state index in [2.05, 4.69) is 5.32 Å². The summed E-state index contributed by atoms with van der Waals surface area (Å²) in [6.45, 7) is 2.45. The van der Waals surface area contributed by atoms with Gasteiger partial charge in [0.05, 0.1) is 18.9 Å². The third kappa shape index (κ3) is 5.34. The van der Waals surface area contributed by atoms with Crippen molar-refractivity contribution in [3.63, 3.8) is 0 Å². The van der Waals surface area contributed by atoms with E-state index in [0.29, 0.717) is 22.9 Å². The third-order valence-electron chi connectivity index (χ3n) is 5.65. The molecule has 0 aliphatic carbocycles. The lowest BCUT2D eigenvalue weighted by Crippen LogP contribution is -2.28. The van der Waals surface area contributed by atoms with Crippen molar-refractivity contribution >= 4 is 35.2 Å². The Kier molecular flexibility index (Phi) is 7.26. The third-order valence-corrected chi connectivity index (χ3v) is 7.15. The Labute approximate surface area is 203 Å². The Morgan fingerprint density at radius 1 is 1.12 bits per heavy atom. The van der Waals surface area contributed by atoms with Crippen molar-refractivity contribution in [2.45, 2.75) is 24.9 Å². The van der Waals surface area contributed by atoms with E-state index < -0.39 is 0 Å². The molecule has 2 atom stereocenters. The van der Waals surface area contributed by atoms with Crippen LogP contribution in [0.4, 0.5) is 0 Å². The summed E-state index contributed by atoms with van der Waals surface area (Å²) in [5.41, 5.74) is 3.51. The summed E-state index contributed by atoms with van der Waals surface area (Å²) in [5, 5.41) is 3.62. The van der Waals surface area contributed by atoms with Crippen LogP contribution in [0.25, 0.3) is 0 Å². The number of rotatable bonds is 7. The average Bonchev–Trinajstić information content (AvgIpc) is 3.20. The van der Waals surface area contributed by atoms with E-state index in [4.69, 9.17) is 16.3 Å². The van der Waals surface area contributed by atoms with Crippen LogP contribution in [0.2, 0.25) is 5.02 Å². The second kappa shape index (κ2) is 10.3. The van der Waals surface area contributed by atoms with Gasteiger partial charge in [0.1, 0.15) is 11.1 Å². The van der Waals surface area contributed by atoms with Crippen LogP contribution in [0, 0.1) is 0 Å². The number of para-hydroxylation sites is 1. The van der Waals surface area contributed by atoms with E-state index in [0.717, 1.165) is 22.4 Å². The number of carbonyl (C=O) groups is 2. The van der Waals surface area contributed by atoms with Crippen LogP contribution in [-0.4, -0.2) is 29.6 Å². The summed E-state index contributed by atoms with van der Waals surface area (Å²) in [6, 6.07) is 22.4. The maximum Gasteiger partial charge on any atom is 0.251 e. The van der Waals surface area contributed by atoms with Crippen molar-refractivity contribution in [3.8, 4) is 5.75 Å². The summed E-state index contributed by atoms with van der Waals surface area (Å²) in [7, 11) is 1.62. The van der Waals surface area contributed by atoms with Crippen molar-refractivity contribution in [2.24, 2.45) is 0 Å². The predicted molar refractivity (Wildman–Crippen MR) is 133 cm³/mol. The molecule has 1 fully saturated rings. The van der Waals surface area contributed by atoms with Gasteiger partial charge in [0.2, 0.25) is 5.91 Å². The zero-order valence-corrected chi connectivity index (χ0v) is 20.0. The van der Waals surface area contributed by atoms with Gasteiger partial charge in [0.15, 0.2) is 0 Å². The zero-order valence-electron chi connectivity index (χ0n) is 18.5. The van der Waals surface area contributed by atoms with E-state index in [1.807, 2.05) is 84.6 Å². The standard InChI is InChI=1S/C26H25ClN2O3S/c1-17(22-5-3-4-6-23(22)32-2)28-25(31)19-9-11-20(12-10-19)26-29(24(30)16-33-26)15-18-7-13-21(27)14-8-18/h3-14,17,26H,15-16H2,1-2H3,(H,28,31). The Bertz CT molecular complexity index is 1140. The first-order chi connectivity index (χ1) is 16.0. The molecule has 3 aromatic rings. The molecule has 5 nitrogen and oxygen atoms in total. The Balaban J connectivity index is 1.45. The predicted octanol–water partition coefficient (Wildman–Crippen LogP) is 5.61. The van der Waals surface area contributed by atoms with Gasteiger partial charge in [-0.05, 0) is 48.4 Å². The van der Waals surface area contributed by atoms with Gasteiger partial charge < -0.3 is 15.0 Å². The highest BCUT2D eigenvalue weighted by molar-refractivity contribution is 8.00. The molecule has 0 radical (unpaired) electrons. The molecule has 1 saturated heterocycles. The number of amides is 2. The van der Waals surface area contributed by atoms with Crippen molar-refractivity contribution in [2.75, 3.05) is 12.9 Å². The number of thioether (sulfide) groups is 1. The number of hydrogen-bond acceptors (Lipinski definition) is 4. The molecule has 170 valence electrons. The van der Waals surface area contributed by atoms with Crippen LogP contribution in [-0.2, 0) is 11.3 Å². The summed E-state index contributed by atoms with van der Waals surface area (Å²) in [6.07, 6.45) is 0. The second-order valence-electron chi connectivity index (χ2n) is 7.87. The smallest absolute Gasteiger partial charge is 0.251 e. The molecule has 0 bridgehead atoms. The van der Waals surface area contributed by atoms with Gasteiger partial charge in [-0.3, -0.25) is 9.59 Å². The first kappa shape index (κ1) is 23.2. The number of nitrogens with zero attached hydrogens (tertiary/aromatic N) is 1. The van der Waals surface area contributed by atoms with Gasteiger partial charge in [0.25, 0.3) is 5.91 Å². The highest BCUT2D eigenvalue weighted by Crippen LogP contribution is 2.39. The highest BCUT2D eigenvalue weighted by atomic mass is 35.5. The average molecular weight is 481 g/mol. The molecule has 1 aliphatic rings. The summed E-state index contributed by atoms with van der Waals surface area (Å²) in [5.74, 6) is 1.13. The Morgan fingerprint density at radius 2 is 1.82 bits per heavy atom. The first-order valence-corrected chi connectivity index (χ1v) is 12.1. The van der Waals surface area contributed by atoms with E-state index in [9.17, 15) is 9.59 Å². The van der Waals surface area contributed by atoms with Crippen LogP contribution in [0.5, 0.6) is 5.75 Å². The lowest BCUT2D eigenvalue weighted by Gasteiger charge is -2.24. The molecule has 1 heterocycles. The summed E-state index contributed by atoms with van der Waals surface area (Å²) < 4.78 is 5.40. The highest BCUT2D eigenvalue weighted by Gasteiger charge is 2.32. The number of carbonyl (C=O) groups excluding carboxylic acids is 2. The summed E-state index contributed by atoms with van der Waals surface area (Å²) >= 11 is 7.58. The van der Waals surface area contributed by atoms with Crippen molar-refractivity contribution in [1.29, 1.82) is 0 Å². The van der Waals surface area contributed by atoms with Crippen LogP contribution in [0.15, 0.2) is 72.8 Å². The maximum atomic E-state index is 12.8. The van der Waals surface area contributed by atoms with Gasteiger partial charge >= 0.3 is 0 Å². The molecule has 4 rings (SSSR count). The van der Waals surface area contributed by atoms with Gasteiger partial charge in [-0.1, -0.05) is 54.1 Å². The molecule has 2 unspecified atom stereocenters. The normalized spacial score (nSPS) is 16.5. The van der Waals surface area contributed by atoms with Crippen LogP contribution in [0.1, 0.15) is 45.4 Å². The fourth-order valence-corrected chi connectivity index (χ4v) is 5.18. The SMILES string of the molecule is COc1ccccc1C(C)NC(=O)c1ccc(C2SCC(=O)N2Cc2ccc(Cl)cc2)cc1. The van der Waals surface area contributed by atoms with Crippen molar-refractivity contribution in [3.05, 3.63) is 100 Å². The number of halogens is 1. The lowest BCUT2D eigenvalue weighted by atomic mass is 10.1. The minimum atomic E-state index is -0.203. The van der Waals surface area contributed by atoms with E-state index in [1.165, 1.54) is 0 Å². The second-order valence-corrected chi connectivity index (χ2v) is 9.38. The van der Waals surface area contributed by atoms with Crippen LogP contribution < -0.4 is 10.1 Å². The molecule has 0 spiro atoms. The molecule has 2 amide bonds. The van der Waals surface area contributed by atoms with E-state index in [1.54, 1.807) is 18.9 Å². The first-order valence-electron chi connectivity index (χ1n) is 10.7. The molecule has 3 aromatic carbocycles. The molecule has 1 N–H and O–H groups in total. The van der Waals surface area contributed by atoms with Crippen molar-refractivity contribution < 1.29 is 14.3 Å².